The molecule has 1 rings (SSSR count). The largest absolute Gasteiger partial charge is 0.385 e. The number of aliphatic hydroxyl groups is 2. The number of halogens is 1. The smallest absolute Gasteiger partial charge is 0.225 e. The fraction of sp³-hybridized carbons (Fsp3) is 0.333. The number of carbonyl (C=O) groups is 1. The van der Waals surface area contributed by atoms with E-state index in [0.29, 0.717) is 11.3 Å². The molecule has 0 bridgehead atoms. The Balaban J connectivity index is 2.69. The minimum absolute atomic E-state index is 0.199. The molecular formula is C12H13ClN2O3. The molecule has 1 aromatic rings. The molecule has 0 saturated heterocycles. The Morgan fingerprint density at radius 3 is 2.50 bits per heavy atom. The van der Waals surface area contributed by atoms with Gasteiger partial charge in [0.25, 0.3) is 0 Å². The molecule has 5 nitrogen and oxygen atoms in total. The number of rotatable bonds is 5. The van der Waals surface area contributed by atoms with Gasteiger partial charge >= 0.3 is 0 Å². The van der Waals surface area contributed by atoms with Crippen LogP contribution >= 0.6 is 11.6 Å². The second-order valence-electron chi connectivity index (χ2n) is 3.63. The number of anilines is 1. The van der Waals surface area contributed by atoms with Crippen molar-refractivity contribution in [1.82, 2.24) is 0 Å². The molecule has 0 aliphatic heterocycles. The van der Waals surface area contributed by atoms with E-state index in [1.165, 1.54) is 12.1 Å². The Hall–Kier alpha value is -1.61. The Bertz CT molecular complexity index is 442. The predicted molar refractivity (Wildman–Crippen MR) is 67.0 cm³/mol. The van der Waals surface area contributed by atoms with E-state index in [2.05, 4.69) is 5.32 Å². The zero-order valence-corrected chi connectivity index (χ0v) is 10.3. The molecule has 0 fully saturated rings. The van der Waals surface area contributed by atoms with Gasteiger partial charge in [0.1, 0.15) is 6.10 Å². The number of carbonyl (C=O) groups excluding carboxylic acids is 1. The standard InChI is InChI=1S/C12H13ClN2O3/c13-6-5-11(17)15-9-3-1-8(2-4-9)12(18)10(16)7-14/h1-4,10,12,16,18H,5-6H2,(H,15,17). The van der Waals surface area contributed by atoms with Crippen LogP contribution in [0.2, 0.25) is 0 Å². The van der Waals surface area contributed by atoms with Crippen molar-refractivity contribution in [2.75, 3.05) is 11.2 Å². The average molecular weight is 269 g/mol. The zero-order chi connectivity index (χ0) is 13.5. The predicted octanol–water partition coefficient (Wildman–Crippen LogP) is 1.17. The summed E-state index contributed by atoms with van der Waals surface area (Å²) in [4.78, 5) is 11.3. The quantitative estimate of drug-likeness (QED) is 0.552. The second-order valence-corrected chi connectivity index (χ2v) is 4.01. The van der Waals surface area contributed by atoms with Crippen molar-refractivity contribution in [3.63, 3.8) is 0 Å². The first kappa shape index (κ1) is 14.5. The number of amides is 1. The van der Waals surface area contributed by atoms with Crippen LogP contribution in [0.1, 0.15) is 18.1 Å². The zero-order valence-electron chi connectivity index (χ0n) is 9.51. The molecule has 0 aliphatic rings. The molecule has 96 valence electrons. The van der Waals surface area contributed by atoms with Crippen molar-refractivity contribution in [3.8, 4) is 6.07 Å². The summed E-state index contributed by atoms with van der Waals surface area (Å²) < 4.78 is 0. The van der Waals surface area contributed by atoms with Gasteiger partial charge in [-0.3, -0.25) is 4.79 Å². The summed E-state index contributed by atoms with van der Waals surface area (Å²) in [7, 11) is 0. The van der Waals surface area contributed by atoms with Crippen molar-refractivity contribution >= 4 is 23.2 Å². The summed E-state index contributed by atoms with van der Waals surface area (Å²) in [5.74, 6) is 0.0483. The maximum Gasteiger partial charge on any atom is 0.225 e. The number of nitriles is 1. The first-order chi connectivity index (χ1) is 8.58. The van der Waals surface area contributed by atoms with Gasteiger partial charge in [0.15, 0.2) is 6.10 Å². The van der Waals surface area contributed by atoms with E-state index in [1.807, 2.05) is 0 Å². The van der Waals surface area contributed by atoms with Crippen molar-refractivity contribution < 1.29 is 15.0 Å². The highest BCUT2D eigenvalue weighted by Gasteiger charge is 2.17. The molecule has 3 N–H and O–H groups in total. The number of nitrogens with one attached hydrogen (secondary N) is 1. The van der Waals surface area contributed by atoms with Gasteiger partial charge in [-0.25, -0.2) is 0 Å². The third-order valence-electron chi connectivity index (χ3n) is 2.29. The second kappa shape index (κ2) is 6.97. The van der Waals surface area contributed by atoms with E-state index in [4.69, 9.17) is 22.0 Å². The lowest BCUT2D eigenvalue weighted by Gasteiger charge is -2.12. The lowest BCUT2D eigenvalue weighted by atomic mass is 10.0. The minimum Gasteiger partial charge on any atom is -0.385 e. The highest BCUT2D eigenvalue weighted by Crippen LogP contribution is 2.19. The minimum atomic E-state index is -1.47. The fourth-order valence-electron chi connectivity index (χ4n) is 1.33. The van der Waals surface area contributed by atoms with Crippen LogP contribution in [0, 0.1) is 11.3 Å². The average Bonchev–Trinajstić information content (AvgIpc) is 2.38. The summed E-state index contributed by atoms with van der Waals surface area (Å²) in [5, 5.41) is 29.8. The van der Waals surface area contributed by atoms with Gasteiger partial charge in [0.2, 0.25) is 5.91 Å². The van der Waals surface area contributed by atoms with Crippen LogP contribution < -0.4 is 5.32 Å². The first-order valence-corrected chi connectivity index (χ1v) is 5.83. The summed E-state index contributed by atoms with van der Waals surface area (Å²) in [6, 6.07) is 7.76. The van der Waals surface area contributed by atoms with E-state index >= 15 is 0 Å². The van der Waals surface area contributed by atoms with Crippen LogP contribution in [-0.4, -0.2) is 28.1 Å². The third-order valence-corrected chi connectivity index (χ3v) is 2.48. The van der Waals surface area contributed by atoms with Crippen molar-refractivity contribution in [3.05, 3.63) is 29.8 Å². The van der Waals surface area contributed by atoms with E-state index in [1.54, 1.807) is 18.2 Å². The monoisotopic (exact) mass is 268 g/mol. The normalized spacial score (nSPS) is 13.4. The van der Waals surface area contributed by atoms with Crippen molar-refractivity contribution in [2.24, 2.45) is 0 Å². The molecule has 6 heteroatoms. The van der Waals surface area contributed by atoms with Gasteiger partial charge in [-0.2, -0.15) is 5.26 Å². The van der Waals surface area contributed by atoms with Crippen LogP contribution in [0.25, 0.3) is 0 Å². The van der Waals surface area contributed by atoms with Crippen LogP contribution in [0.5, 0.6) is 0 Å². The number of benzene rings is 1. The summed E-state index contributed by atoms with van der Waals surface area (Å²) in [5.41, 5.74) is 0.965. The maximum absolute atomic E-state index is 11.3. The molecule has 0 radical (unpaired) electrons. The fourth-order valence-corrected chi connectivity index (χ4v) is 1.50. The highest BCUT2D eigenvalue weighted by atomic mass is 35.5. The lowest BCUT2D eigenvalue weighted by molar-refractivity contribution is -0.115. The van der Waals surface area contributed by atoms with Crippen LogP contribution in [0.15, 0.2) is 24.3 Å². The lowest BCUT2D eigenvalue weighted by Crippen LogP contribution is -2.16. The first-order valence-electron chi connectivity index (χ1n) is 5.30. The molecule has 1 amide bonds. The van der Waals surface area contributed by atoms with E-state index in [9.17, 15) is 9.90 Å². The number of aliphatic hydroxyl groups excluding tert-OH is 2. The van der Waals surface area contributed by atoms with E-state index in [-0.39, 0.29) is 18.2 Å². The number of hydrogen-bond donors (Lipinski definition) is 3. The van der Waals surface area contributed by atoms with Gasteiger partial charge < -0.3 is 15.5 Å². The van der Waals surface area contributed by atoms with Crippen LogP contribution in [-0.2, 0) is 4.79 Å². The van der Waals surface area contributed by atoms with Gasteiger partial charge in [-0.05, 0) is 17.7 Å². The van der Waals surface area contributed by atoms with Crippen molar-refractivity contribution in [1.29, 1.82) is 5.26 Å². The molecule has 1 aromatic carbocycles. The van der Waals surface area contributed by atoms with Crippen LogP contribution in [0.4, 0.5) is 5.69 Å². The number of nitrogens with zero attached hydrogens (tertiary/aromatic N) is 1. The summed E-state index contributed by atoms with van der Waals surface area (Å²) >= 11 is 5.43. The Morgan fingerprint density at radius 2 is 2.00 bits per heavy atom. The Morgan fingerprint density at radius 1 is 1.39 bits per heavy atom. The molecule has 0 spiro atoms. The molecule has 0 aromatic heterocycles. The molecular weight excluding hydrogens is 256 g/mol. The number of hydrogen-bond acceptors (Lipinski definition) is 4. The molecule has 0 saturated carbocycles. The molecule has 0 heterocycles. The SMILES string of the molecule is N#CC(O)C(O)c1ccc(NC(=O)CCCl)cc1. The highest BCUT2D eigenvalue weighted by molar-refractivity contribution is 6.19. The molecule has 2 unspecified atom stereocenters. The molecule has 18 heavy (non-hydrogen) atoms. The topological polar surface area (TPSA) is 93.3 Å². The summed E-state index contributed by atoms with van der Waals surface area (Å²) in [6.07, 6.45) is -2.51. The van der Waals surface area contributed by atoms with Crippen molar-refractivity contribution in [2.45, 2.75) is 18.6 Å². The van der Waals surface area contributed by atoms with Gasteiger partial charge in [-0.15, -0.1) is 11.6 Å². The van der Waals surface area contributed by atoms with Gasteiger partial charge in [-0.1, -0.05) is 12.1 Å². The van der Waals surface area contributed by atoms with Gasteiger partial charge in [0.05, 0.1) is 6.07 Å². The number of alkyl halides is 1. The Kier molecular flexibility index (Phi) is 5.59. The third kappa shape index (κ3) is 4.00. The van der Waals surface area contributed by atoms with Crippen LogP contribution in [0.3, 0.4) is 0 Å². The van der Waals surface area contributed by atoms with E-state index in [0.717, 1.165) is 0 Å². The molecule has 2 atom stereocenters. The van der Waals surface area contributed by atoms with E-state index < -0.39 is 12.2 Å². The maximum atomic E-state index is 11.3. The molecule has 0 aliphatic carbocycles. The van der Waals surface area contributed by atoms with Gasteiger partial charge in [0, 0.05) is 18.0 Å². The Labute approximate surface area is 110 Å². The summed E-state index contributed by atoms with van der Waals surface area (Å²) in [6.45, 7) is 0.